The molecule has 0 aromatic carbocycles. The highest BCUT2D eigenvalue weighted by atomic mass is 16.3. The van der Waals surface area contributed by atoms with Gasteiger partial charge in [-0.15, -0.1) is 0 Å². The van der Waals surface area contributed by atoms with Gasteiger partial charge in [0.25, 0.3) is 0 Å². The molecule has 0 aromatic rings. The summed E-state index contributed by atoms with van der Waals surface area (Å²) in [5.74, 6) is 0. The van der Waals surface area contributed by atoms with Crippen molar-refractivity contribution >= 4 is 0 Å². The molecular formula is C16H38N2O. The van der Waals surface area contributed by atoms with Crippen LogP contribution in [0.5, 0.6) is 0 Å². The van der Waals surface area contributed by atoms with E-state index in [1.165, 1.54) is 13.0 Å². The zero-order chi connectivity index (χ0) is 15.3. The minimum atomic E-state index is 0.302. The molecule has 0 aromatic heterocycles. The van der Waals surface area contributed by atoms with E-state index in [1.54, 1.807) is 0 Å². The third kappa shape index (κ3) is 11.4. The number of aliphatic hydroxyl groups excluding tert-OH is 1. The fraction of sp³-hybridized carbons (Fsp3) is 1.00. The highest BCUT2D eigenvalue weighted by molar-refractivity contribution is 4.66. The number of hydrogen-bond donors (Lipinski definition) is 1. The molecule has 0 atom stereocenters. The summed E-state index contributed by atoms with van der Waals surface area (Å²) in [6.45, 7) is 20.0. The first-order chi connectivity index (χ1) is 9.02. The van der Waals surface area contributed by atoms with Gasteiger partial charge >= 0.3 is 0 Å². The highest BCUT2D eigenvalue weighted by Crippen LogP contribution is 2.04. The molecule has 0 bridgehead atoms. The molecule has 3 heteroatoms. The Hall–Kier alpha value is -0.120. The molecular weight excluding hydrogens is 236 g/mol. The van der Waals surface area contributed by atoms with Crippen molar-refractivity contribution in [2.24, 2.45) is 0 Å². The van der Waals surface area contributed by atoms with Gasteiger partial charge in [-0.3, -0.25) is 0 Å². The van der Waals surface area contributed by atoms with Crippen LogP contribution in [0.1, 0.15) is 61.3 Å². The summed E-state index contributed by atoms with van der Waals surface area (Å²) in [6, 6.07) is 1.22. The third-order valence-electron chi connectivity index (χ3n) is 3.36. The number of nitrogens with zero attached hydrogens (tertiary/aromatic N) is 2. The van der Waals surface area contributed by atoms with Crippen LogP contribution in [0.25, 0.3) is 0 Å². The second-order valence-corrected chi connectivity index (χ2v) is 5.28. The molecule has 1 N–H and O–H groups in total. The van der Waals surface area contributed by atoms with Crippen LogP contribution in [-0.4, -0.2) is 59.8 Å². The van der Waals surface area contributed by atoms with Crippen LogP contribution in [0.3, 0.4) is 0 Å². The van der Waals surface area contributed by atoms with Crippen molar-refractivity contribution in [2.75, 3.05) is 32.8 Å². The summed E-state index contributed by atoms with van der Waals surface area (Å²) < 4.78 is 0. The molecule has 118 valence electrons. The Balaban J connectivity index is 0. The number of rotatable bonds is 10. The number of aliphatic hydroxyl groups is 1. The van der Waals surface area contributed by atoms with Crippen molar-refractivity contribution in [1.29, 1.82) is 0 Å². The summed E-state index contributed by atoms with van der Waals surface area (Å²) >= 11 is 0. The van der Waals surface area contributed by atoms with Gasteiger partial charge in [0.15, 0.2) is 0 Å². The van der Waals surface area contributed by atoms with Crippen LogP contribution >= 0.6 is 0 Å². The minimum Gasteiger partial charge on any atom is -0.396 e. The molecule has 3 nitrogen and oxygen atoms in total. The van der Waals surface area contributed by atoms with E-state index in [1.807, 2.05) is 13.8 Å². The van der Waals surface area contributed by atoms with Gasteiger partial charge in [0.2, 0.25) is 0 Å². The first-order valence-corrected chi connectivity index (χ1v) is 8.11. The molecule has 0 unspecified atom stereocenters. The molecule has 0 aliphatic rings. The van der Waals surface area contributed by atoms with Gasteiger partial charge in [-0.2, -0.15) is 0 Å². The largest absolute Gasteiger partial charge is 0.396 e. The fourth-order valence-electron chi connectivity index (χ4n) is 2.16. The predicted octanol–water partition coefficient (Wildman–Crippen LogP) is 3.23. The van der Waals surface area contributed by atoms with E-state index in [-0.39, 0.29) is 0 Å². The summed E-state index contributed by atoms with van der Waals surface area (Å²) in [4.78, 5) is 4.97. The SMILES string of the molecule is CC.CCN(CCCN(CCCO)C(C)C)C(C)C. The average Bonchev–Trinajstić information content (AvgIpc) is 2.39. The Morgan fingerprint density at radius 1 is 0.789 bits per heavy atom. The lowest BCUT2D eigenvalue weighted by atomic mass is 10.2. The fourth-order valence-corrected chi connectivity index (χ4v) is 2.16. The summed E-state index contributed by atoms with van der Waals surface area (Å²) in [7, 11) is 0. The lowest BCUT2D eigenvalue weighted by Crippen LogP contribution is -2.37. The Bertz CT molecular complexity index is 172. The monoisotopic (exact) mass is 274 g/mol. The first-order valence-electron chi connectivity index (χ1n) is 8.11. The van der Waals surface area contributed by atoms with Crippen molar-refractivity contribution in [2.45, 2.75) is 73.4 Å². The molecule has 19 heavy (non-hydrogen) atoms. The topological polar surface area (TPSA) is 26.7 Å². The Labute approximate surface area is 122 Å². The standard InChI is InChI=1S/C14H32N2O.C2H6/c1-6-15(13(2)3)9-7-10-16(14(4)5)11-8-12-17;1-2/h13-14,17H,6-12H2,1-5H3;1-2H3. The number of hydrogen-bond acceptors (Lipinski definition) is 3. The van der Waals surface area contributed by atoms with E-state index in [9.17, 15) is 0 Å². The van der Waals surface area contributed by atoms with Crippen molar-refractivity contribution in [3.05, 3.63) is 0 Å². The summed E-state index contributed by atoms with van der Waals surface area (Å²) in [5, 5.41) is 8.89. The van der Waals surface area contributed by atoms with Crippen molar-refractivity contribution in [1.82, 2.24) is 9.80 Å². The van der Waals surface area contributed by atoms with Gasteiger partial charge in [0.1, 0.15) is 0 Å². The normalized spacial score (nSPS) is 11.4. The summed E-state index contributed by atoms with van der Waals surface area (Å²) in [5.41, 5.74) is 0. The molecule has 0 spiro atoms. The van der Waals surface area contributed by atoms with Crippen LogP contribution in [-0.2, 0) is 0 Å². The molecule has 0 amide bonds. The second kappa shape index (κ2) is 14.3. The third-order valence-corrected chi connectivity index (χ3v) is 3.36. The lowest BCUT2D eigenvalue weighted by Gasteiger charge is -2.29. The molecule has 0 fully saturated rings. The molecule has 0 heterocycles. The Morgan fingerprint density at radius 3 is 1.58 bits per heavy atom. The second-order valence-electron chi connectivity index (χ2n) is 5.28. The van der Waals surface area contributed by atoms with Crippen LogP contribution in [0.15, 0.2) is 0 Å². The van der Waals surface area contributed by atoms with E-state index in [0.29, 0.717) is 18.7 Å². The highest BCUT2D eigenvalue weighted by Gasteiger charge is 2.10. The first kappa shape index (κ1) is 21.2. The van der Waals surface area contributed by atoms with Gasteiger partial charge in [-0.1, -0.05) is 20.8 Å². The van der Waals surface area contributed by atoms with Crippen LogP contribution < -0.4 is 0 Å². The van der Waals surface area contributed by atoms with Gasteiger partial charge in [0, 0.05) is 25.2 Å². The molecule has 0 saturated heterocycles. The smallest absolute Gasteiger partial charge is 0.0443 e. The maximum atomic E-state index is 8.89. The zero-order valence-electron chi connectivity index (χ0n) is 14.4. The van der Waals surface area contributed by atoms with Crippen molar-refractivity contribution < 1.29 is 5.11 Å². The average molecular weight is 274 g/mol. The molecule has 0 aliphatic heterocycles. The molecule has 0 rings (SSSR count). The van der Waals surface area contributed by atoms with Crippen molar-refractivity contribution in [3.63, 3.8) is 0 Å². The maximum absolute atomic E-state index is 8.89. The van der Waals surface area contributed by atoms with Crippen LogP contribution in [0.4, 0.5) is 0 Å². The predicted molar refractivity (Wildman–Crippen MR) is 86.8 cm³/mol. The molecule has 0 radical (unpaired) electrons. The lowest BCUT2D eigenvalue weighted by molar-refractivity contribution is 0.169. The van der Waals surface area contributed by atoms with E-state index in [0.717, 1.165) is 26.1 Å². The van der Waals surface area contributed by atoms with Gasteiger partial charge < -0.3 is 14.9 Å². The quantitative estimate of drug-likeness (QED) is 0.662. The van der Waals surface area contributed by atoms with Gasteiger partial charge in [0.05, 0.1) is 0 Å². The Morgan fingerprint density at radius 2 is 1.21 bits per heavy atom. The maximum Gasteiger partial charge on any atom is 0.0443 e. The van der Waals surface area contributed by atoms with E-state index in [2.05, 4.69) is 44.4 Å². The van der Waals surface area contributed by atoms with E-state index >= 15 is 0 Å². The Kier molecular flexibility index (Phi) is 15.9. The van der Waals surface area contributed by atoms with Crippen molar-refractivity contribution in [3.8, 4) is 0 Å². The van der Waals surface area contributed by atoms with E-state index < -0.39 is 0 Å². The summed E-state index contributed by atoms with van der Waals surface area (Å²) in [6.07, 6.45) is 2.11. The zero-order valence-corrected chi connectivity index (χ0v) is 14.4. The minimum absolute atomic E-state index is 0.302. The molecule has 0 saturated carbocycles. The molecule has 0 aliphatic carbocycles. The van der Waals surface area contributed by atoms with Crippen LogP contribution in [0.2, 0.25) is 0 Å². The van der Waals surface area contributed by atoms with Crippen LogP contribution in [0, 0.1) is 0 Å². The van der Waals surface area contributed by atoms with Gasteiger partial charge in [-0.25, -0.2) is 0 Å². The van der Waals surface area contributed by atoms with Gasteiger partial charge in [-0.05, 0) is 60.2 Å². The van der Waals surface area contributed by atoms with E-state index in [4.69, 9.17) is 5.11 Å².